The molecule has 2 rings (SSSR count). The van der Waals surface area contributed by atoms with E-state index in [9.17, 15) is 0 Å². The van der Waals surface area contributed by atoms with Gasteiger partial charge in [-0.3, -0.25) is 0 Å². The molecular weight excluding hydrogens is 342 g/mol. The molecule has 0 atom stereocenters. The minimum absolute atomic E-state index is 0.0485. The third-order valence-corrected chi connectivity index (χ3v) is 3.93. The van der Waals surface area contributed by atoms with Crippen LogP contribution in [0.25, 0.3) is 0 Å². The number of nitrogens with one attached hydrogen (secondary N) is 1. The topological polar surface area (TPSA) is 60.0 Å². The van der Waals surface area contributed by atoms with Crippen molar-refractivity contribution in [3.05, 3.63) is 58.6 Å². The molecular formula is C19H24ClNO4. The zero-order valence-electron chi connectivity index (χ0n) is 14.3. The maximum Gasteiger partial charge on any atom is 0.161 e. The highest BCUT2D eigenvalue weighted by Gasteiger charge is 2.07. The van der Waals surface area contributed by atoms with Gasteiger partial charge < -0.3 is 24.6 Å². The van der Waals surface area contributed by atoms with Crippen LogP contribution in [-0.2, 0) is 17.9 Å². The second kappa shape index (κ2) is 10.9. The van der Waals surface area contributed by atoms with Gasteiger partial charge in [0.05, 0.1) is 26.9 Å². The van der Waals surface area contributed by atoms with Crippen LogP contribution in [-0.4, -0.2) is 38.6 Å². The summed E-state index contributed by atoms with van der Waals surface area (Å²) in [6.07, 6.45) is 0. The molecule has 0 aliphatic rings. The van der Waals surface area contributed by atoms with Crippen molar-refractivity contribution in [1.82, 2.24) is 5.32 Å². The smallest absolute Gasteiger partial charge is 0.161 e. The number of methoxy groups -OCH3 is 1. The summed E-state index contributed by atoms with van der Waals surface area (Å²) in [7, 11) is 1.62. The van der Waals surface area contributed by atoms with Crippen molar-refractivity contribution in [3.8, 4) is 11.5 Å². The molecule has 2 N–H and O–H groups in total. The summed E-state index contributed by atoms with van der Waals surface area (Å²) >= 11 is 6.15. The SMILES string of the molecule is COc1cc(CNCCOCCO)ccc1OCc1ccccc1Cl. The molecule has 0 aliphatic heterocycles. The molecule has 136 valence electrons. The first-order valence-electron chi connectivity index (χ1n) is 8.17. The summed E-state index contributed by atoms with van der Waals surface area (Å²) < 4.78 is 16.5. The Labute approximate surface area is 153 Å². The molecule has 2 aromatic rings. The predicted molar refractivity (Wildman–Crippen MR) is 98.4 cm³/mol. The molecule has 2 aromatic carbocycles. The zero-order valence-corrected chi connectivity index (χ0v) is 15.1. The number of benzene rings is 2. The van der Waals surface area contributed by atoms with E-state index in [1.165, 1.54) is 0 Å². The third-order valence-electron chi connectivity index (χ3n) is 3.56. The highest BCUT2D eigenvalue weighted by Crippen LogP contribution is 2.29. The average molecular weight is 366 g/mol. The maximum absolute atomic E-state index is 8.64. The van der Waals surface area contributed by atoms with Crippen molar-refractivity contribution in [1.29, 1.82) is 0 Å². The number of aliphatic hydroxyl groups is 1. The van der Waals surface area contributed by atoms with E-state index in [1.54, 1.807) is 7.11 Å². The Hall–Kier alpha value is -1.79. The van der Waals surface area contributed by atoms with E-state index in [1.807, 2.05) is 42.5 Å². The Morgan fingerprint density at radius 3 is 2.68 bits per heavy atom. The van der Waals surface area contributed by atoms with Crippen LogP contribution >= 0.6 is 11.6 Å². The van der Waals surface area contributed by atoms with Crippen LogP contribution in [0.5, 0.6) is 11.5 Å². The van der Waals surface area contributed by atoms with Crippen LogP contribution in [0.1, 0.15) is 11.1 Å². The van der Waals surface area contributed by atoms with Gasteiger partial charge in [-0.2, -0.15) is 0 Å². The third kappa shape index (κ3) is 6.55. The lowest BCUT2D eigenvalue weighted by molar-refractivity contribution is 0.0938. The van der Waals surface area contributed by atoms with Gasteiger partial charge >= 0.3 is 0 Å². The number of aliphatic hydroxyl groups excluding tert-OH is 1. The molecule has 5 nitrogen and oxygen atoms in total. The molecule has 0 unspecified atom stereocenters. The minimum atomic E-state index is 0.0485. The minimum Gasteiger partial charge on any atom is -0.493 e. The normalized spacial score (nSPS) is 10.7. The average Bonchev–Trinajstić information content (AvgIpc) is 2.64. The van der Waals surface area contributed by atoms with Crippen molar-refractivity contribution in [2.45, 2.75) is 13.2 Å². The van der Waals surface area contributed by atoms with Gasteiger partial charge in [0, 0.05) is 23.7 Å². The fourth-order valence-electron chi connectivity index (χ4n) is 2.26. The standard InChI is InChI=1S/C19H24ClNO4/c1-23-19-12-15(13-21-8-10-24-11-9-22)6-7-18(19)25-14-16-4-2-3-5-17(16)20/h2-7,12,21-22H,8-11,13-14H2,1H3. The van der Waals surface area contributed by atoms with E-state index < -0.39 is 0 Å². The fourth-order valence-corrected chi connectivity index (χ4v) is 2.45. The quantitative estimate of drug-likeness (QED) is 0.599. The summed E-state index contributed by atoms with van der Waals surface area (Å²) in [5.74, 6) is 1.36. The lowest BCUT2D eigenvalue weighted by Gasteiger charge is -2.13. The van der Waals surface area contributed by atoms with E-state index in [-0.39, 0.29) is 6.61 Å². The number of halogens is 1. The monoisotopic (exact) mass is 365 g/mol. The van der Waals surface area contributed by atoms with Crippen molar-refractivity contribution in [2.75, 3.05) is 33.5 Å². The van der Waals surface area contributed by atoms with Gasteiger partial charge in [0.2, 0.25) is 0 Å². The van der Waals surface area contributed by atoms with Gasteiger partial charge in [0.1, 0.15) is 6.61 Å². The van der Waals surface area contributed by atoms with Crippen LogP contribution in [0.15, 0.2) is 42.5 Å². The molecule has 0 heterocycles. The number of ether oxygens (including phenoxy) is 3. The molecule has 6 heteroatoms. The summed E-state index contributed by atoms with van der Waals surface area (Å²) in [5, 5.41) is 12.6. The highest BCUT2D eigenvalue weighted by atomic mass is 35.5. The van der Waals surface area contributed by atoms with Crippen LogP contribution in [0.4, 0.5) is 0 Å². The van der Waals surface area contributed by atoms with Gasteiger partial charge in [-0.05, 0) is 23.8 Å². The predicted octanol–water partition coefficient (Wildman–Crippen LogP) is 3.03. The van der Waals surface area contributed by atoms with E-state index in [0.29, 0.717) is 49.4 Å². The van der Waals surface area contributed by atoms with E-state index >= 15 is 0 Å². The molecule has 0 radical (unpaired) electrons. The Kier molecular flexibility index (Phi) is 8.55. The first-order valence-corrected chi connectivity index (χ1v) is 8.55. The molecule has 0 spiro atoms. The summed E-state index contributed by atoms with van der Waals surface area (Å²) in [4.78, 5) is 0. The van der Waals surface area contributed by atoms with Crippen LogP contribution in [0, 0.1) is 0 Å². The second-order valence-electron chi connectivity index (χ2n) is 5.38. The molecule has 25 heavy (non-hydrogen) atoms. The molecule has 0 saturated heterocycles. The fraction of sp³-hybridized carbons (Fsp3) is 0.368. The van der Waals surface area contributed by atoms with Gasteiger partial charge in [-0.1, -0.05) is 35.9 Å². The largest absolute Gasteiger partial charge is 0.493 e. The highest BCUT2D eigenvalue weighted by molar-refractivity contribution is 6.31. The summed E-state index contributed by atoms with van der Waals surface area (Å²) in [6.45, 7) is 2.78. The first-order chi connectivity index (χ1) is 12.2. The van der Waals surface area contributed by atoms with Crippen LogP contribution < -0.4 is 14.8 Å². The molecule has 0 fully saturated rings. The number of hydrogen-bond acceptors (Lipinski definition) is 5. The molecule has 0 aliphatic carbocycles. The second-order valence-corrected chi connectivity index (χ2v) is 5.79. The van der Waals surface area contributed by atoms with Gasteiger partial charge in [-0.25, -0.2) is 0 Å². The van der Waals surface area contributed by atoms with Crippen LogP contribution in [0.2, 0.25) is 5.02 Å². The van der Waals surface area contributed by atoms with E-state index in [2.05, 4.69) is 5.32 Å². The van der Waals surface area contributed by atoms with Crippen molar-refractivity contribution in [2.24, 2.45) is 0 Å². The summed E-state index contributed by atoms with van der Waals surface area (Å²) in [5.41, 5.74) is 2.02. The molecule has 0 saturated carbocycles. The van der Waals surface area contributed by atoms with Crippen molar-refractivity contribution in [3.63, 3.8) is 0 Å². The van der Waals surface area contributed by atoms with Gasteiger partial charge in [0.15, 0.2) is 11.5 Å². The molecule has 0 bridgehead atoms. The Morgan fingerprint density at radius 1 is 1.08 bits per heavy atom. The summed E-state index contributed by atoms with van der Waals surface area (Å²) in [6, 6.07) is 13.4. The first kappa shape index (κ1) is 19.5. The van der Waals surface area contributed by atoms with E-state index in [0.717, 1.165) is 11.1 Å². The van der Waals surface area contributed by atoms with Gasteiger partial charge in [-0.15, -0.1) is 0 Å². The Bertz CT molecular complexity index is 651. The Balaban J connectivity index is 1.87. The lowest BCUT2D eigenvalue weighted by atomic mass is 10.2. The Morgan fingerprint density at radius 2 is 1.92 bits per heavy atom. The number of rotatable bonds is 11. The van der Waals surface area contributed by atoms with Crippen molar-refractivity contribution >= 4 is 11.6 Å². The molecule has 0 amide bonds. The van der Waals surface area contributed by atoms with Gasteiger partial charge in [0.25, 0.3) is 0 Å². The van der Waals surface area contributed by atoms with Crippen molar-refractivity contribution < 1.29 is 19.3 Å². The zero-order chi connectivity index (χ0) is 17.9. The maximum atomic E-state index is 8.64. The number of hydrogen-bond donors (Lipinski definition) is 2. The molecule has 0 aromatic heterocycles. The van der Waals surface area contributed by atoms with E-state index in [4.69, 9.17) is 30.9 Å². The lowest BCUT2D eigenvalue weighted by Crippen LogP contribution is -2.20. The van der Waals surface area contributed by atoms with Crippen LogP contribution in [0.3, 0.4) is 0 Å².